The zero-order chi connectivity index (χ0) is 13.4. The summed E-state index contributed by atoms with van der Waals surface area (Å²) in [5.41, 5.74) is 0.0267. The molecule has 0 aliphatic carbocycles. The second-order valence-corrected chi connectivity index (χ2v) is 5.05. The fourth-order valence-corrected chi connectivity index (χ4v) is 2.78. The first-order valence-corrected chi connectivity index (χ1v) is 6.43. The SMILES string of the molecule is CN1CCC[C@H]1[C@@H]1COc2cc([N+](=O)[O-])ccc2O1. The Labute approximate surface area is 111 Å². The summed E-state index contributed by atoms with van der Waals surface area (Å²) >= 11 is 0. The molecule has 2 heterocycles. The molecule has 2 aliphatic rings. The number of likely N-dealkylation sites (tertiary alicyclic amines) is 1. The van der Waals surface area contributed by atoms with Crippen LogP contribution in [0.1, 0.15) is 12.8 Å². The van der Waals surface area contributed by atoms with Crippen molar-refractivity contribution in [2.45, 2.75) is 25.0 Å². The van der Waals surface area contributed by atoms with Crippen LogP contribution < -0.4 is 9.47 Å². The van der Waals surface area contributed by atoms with E-state index in [1.807, 2.05) is 0 Å². The second-order valence-electron chi connectivity index (χ2n) is 5.05. The minimum Gasteiger partial charge on any atom is -0.486 e. The number of nitro groups is 1. The lowest BCUT2D eigenvalue weighted by Gasteiger charge is -2.33. The van der Waals surface area contributed by atoms with E-state index in [2.05, 4.69) is 11.9 Å². The van der Waals surface area contributed by atoms with E-state index in [9.17, 15) is 10.1 Å². The van der Waals surface area contributed by atoms with Crippen LogP contribution in [0.15, 0.2) is 18.2 Å². The van der Waals surface area contributed by atoms with Crippen molar-refractivity contribution in [1.29, 1.82) is 0 Å². The van der Waals surface area contributed by atoms with Crippen LogP contribution in [0.4, 0.5) is 5.69 Å². The molecule has 3 rings (SSSR count). The molecule has 1 aromatic carbocycles. The van der Waals surface area contributed by atoms with Gasteiger partial charge < -0.3 is 9.47 Å². The largest absolute Gasteiger partial charge is 0.486 e. The molecule has 2 atom stereocenters. The van der Waals surface area contributed by atoms with E-state index >= 15 is 0 Å². The van der Waals surface area contributed by atoms with E-state index in [1.54, 1.807) is 6.07 Å². The molecule has 19 heavy (non-hydrogen) atoms. The average Bonchev–Trinajstić information content (AvgIpc) is 2.83. The van der Waals surface area contributed by atoms with E-state index in [-0.39, 0.29) is 11.8 Å². The van der Waals surface area contributed by atoms with Crippen LogP contribution in [-0.2, 0) is 0 Å². The molecule has 0 aromatic heterocycles. The van der Waals surface area contributed by atoms with E-state index < -0.39 is 4.92 Å². The molecule has 0 radical (unpaired) electrons. The maximum atomic E-state index is 10.7. The predicted octanol–water partition coefficient (Wildman–Crippen LogP) is 1.83. The van der Waals surface area contributed by atoms with Crippen molar-refractivity contribution in [3.63, 3.8) is 0 Å². The van der Waals surface area contributed by atoms with Crippen molar-refractivity contribution in [3.8, 4) is 11.5 Å². The molecule has 1 saturated heterocycles. The number of fused-ring (bicyclic) bond motifs is 1. The summed E-state index contributed by atoms with van der Waals surface area (Å²) in [6, 6.07) is 4.85. The van der Waals surface area contributed by atoms with Crippen molar-refractivity contribution < 1.29 is 14.4 Å². The zero-order valence-electron chi connectivity index (χ0n) is 10.7. The Morgan fingerprint density at radius 1 is 1.42 bits per heavy atom. The summed E-state index contributed by atoms with van der Waals surface area (Å²) in [5.74, 6) is 1.06. The number of nitrogens with zero attached hydrogens (tertiary/aromatic N) is 2. The van der Waals surface area contributed by atoms with Crippen molar-refractivity contribution in [3.05, 3.63) is 28.3 Å². The maximum absolute atomic E-state index is 10.7. The normalized spacial score (nSPS) is 26.4. The van der Waals surface area contributed by atoms with Crippen LogP contribution in [0, 0.1) is 10.1 Å². The fraction of sp³-hybridized carbons (Fsp3) is 0.538. The van der Waals surface area contributed by atoms with E-state index in [0.29, 0.717) is 24.1 Å². The lowest BCUT2D eigenvalue weighted by molar-refractivity contribution is -0.385. The van der Waals surface area contributed by atoms with Gasteiger partial charge >= 0.3 is 0 Å². The van der Waals surface area contributed by atoms with Crippen molar-refractivity contribution in [2.75, 3.05) is 20.2 Å². The third-order valence-electron chi connectivity index (χ3n) is 3.83. The first-order valence-electron chi connectivity index (χ1n) is 6.43. The summed E-state index contributed by atoms with van der Waals surface area (Å²) in [6.45, 7) is 1.53. The Hall–Kier alpha value is -1.82. The average molecular weight is 264 g/mol. The molecule has 1 aromatic rings. The third-order valence-corrected chi connectivity index (χ3v) is 3.83. The van der Waals surface area contributed by atoms with E-state index in [4.69, 9.17) is 9.47 Å². The Morgan fingerprint density at radius 3 is 2.95 bits per heavy atom. The summed E-state index contributed by atoms with van der Waals surface area (Å²) in [7, 11) is 2.09. The highest BCUT2D eigenvalue weighted by Gasteiger charge is 2.34. The summed E-state index contributed by atoms with van der Waals surface area (Å²) in [4.78, 5) is 12.6. The highest BCUT2D eigenvalue weighted by molar-refractivity contribution is 5.49. The van der Waals surface area contributed by atoms with Crippen LogP contribution >= 0.6 is 0 Å². The van der Waals surface area contributed by atoms with Gasteiger partial charge in [0.2, 0.25) is 0 Å². The smallest absolute Gasteiger partial charge is 0.273 e. The molecule has 0 amide bonds. The minimum absolute atomic E-state index is 0.00135. The lowest BCUT2D eigenvalue weighted by atomic mass is 10.1. The van der Waals surface area contributed by atoms with E-state index in [0.717, 1.165) is 13.0 Å². The van der Waals surface area contributed by atoms with Gasteiger partial charge in [0.25, 0.3) is 5.69 Å². The molecule has 102 valence electrons. The van der Waals surface area contributed by atoms with Gasteiger partial charge in [0.05, 0.1) is 11.0 Å². The van der Waals surface area contributed by atoms with Gasteiger partial charge in [-0.1, -0.05) is 0 Å². The number of non-ortho nitro benzene ring substituents is 1. The Balaban J connectivity index is 1.79. The standard InChI is InChI=1S/C13H16N2O4/c1-14-6-2-3-10(14)13-8-18-12-7-9(15(16)17)4-5-11(12)19-13/h4-5,7,10,13H,2-3,6,8H2,1H3/t10-,13-/m0/s1. The first kappa shape index (κ1) is 12.2. The topological polar surface area (TPSA) is 64.8 Å². The van der Waals surface area contributed by atoms with Gasteiger partial charge in [0, 0.05) is 12.1 Å². The summed E-state index contributed by atoms with van der Waals surface area (Å²) < 4.78 is 11.6. The van der Waals surface area contributed by atoms with Crippen molar-refractivity contribution in [2.24, 2.45) is 0 Å². The first-order chi connectivity index (χ1) is 9.15. The number of nitro benzene ring substituents is 1. The van der Waals surface area contributed by atoms with Crippen LogP contribution in [0.25, 0.3) is 0 Å². The van der Waals surface area contributed by atoms with Gasteiger partial charge in [-0.25, -0.2) is 0 Å². The van der Waals surface area contributed by atoms with Crippen LogP contribution in [-0.4, -0.2) is 42.2 Å². The number of benzene rings is 1. The van der Waals surface area contributed by atoms with Gasteiger partial charge in [0.1, 0.15) is 12.7 Å². The fourth-order valence-electron chi connectivity index (χ4n) is 2.78. The number of hydrogen-bond donors (Lipinski definition) is 0. The molecular weight excluding hydrogens is 248 g/mol. The highest BCUT2D eigenvalue weighted by atomic mass is 16.6. The minimum atomic E-state index is -0.430. The van der Waals surface area contributed by atoms with Crippen LogP contribution in [0.5, 0.6) is 11.5 Å². The highest BCUT2D eigenvalue weighted by Crippen LogP contribution is 2.36. The monoisotopic (exact) mass is 264 g/mol. The molecule has 6 nitrogen and oxygen atoms in total. The van der Waals surface area contributed by atoms with Crippen molar-refractivity contribution in [1.82, 2.24) is 4.90 Å². The molecule has 1 fully saturated rings. The third kappa shape index (κ3) is 2.23. The molecular formula is C13H16N2O4. The number of hydrogen-bond acceptors (Lipinski definition) is 5. The zero-order valence-corrected chi connectivity index (χ0v) is 10.7. The van der Waals surface area contributed by atoms with Crippen LogP contribution in [0.2, 0.25) is 0 Å². The Morgan fingerprint density at radius 2 is 2.26 bits per heavy atom. The molecule has 0 unspecified atom stereocenters. The van der Waals surface area contributed by atoms with Gasteiger partial charge in [-0.05, 0) is 32.5 Å². The molecule has 0 spiro atoms. The summed E-state index contributed by atoms with van der Waals surface area (Å²) in [6.07, 6.45) is 2.28. The number of rotatable bonds is 2. The Kier molecular flexibility index (Phi) is 3.02. The van der Waals surface area contributed by atoms with Gasteiger partial charge in [-0.15, -0.1) is 0 Å². The molecule has 0 saturated carbocycles. The number of likely N-dealkylation sites (N-methyl/N-ethyl adjacent to an activating group) is 1. The van der Waals surface area contributed by atoms with Gasteiger partial charge in [-0.2, -0.15) is 0 Å². The summed E-state index contributed by atoms with van der Waals surface area (Å²) in [5, 5.41) is 10.7. The second kappa shape index (κ2) is 4.70. The molecule has 6 heteroatoms. The lowest BCUT2D eigenvalue weighted by Crippen LogP contribution is -2.45. The quantitative estimate of drug-likeness (QED) is 0.602. The maximum Gasteiger partial charge on any atom is 0.273 e. The predicted molar refractivity (Wildman–Crippen MR) is 68.7 cm³/mol. The van der Waals surface area contributed by atoms with Crippen LogP contribution in [0.3, 0.4) is 0 Å². The van der Waals surface area contributed by atoms with E-state index in [1.165, 1.54) is 18.6 Å². The molecule has 2 aliphatic heterocycles. The Bertz CT molecular complexity index is 505. The molecule has 0 bridgehead atoms. The van der Waals surface area contributed by atoms with Gasteiger partial charge in [0.15, 0.2) is 11.5 Å². The van der Waals surface area contributed by atoms with Gasteiger partial charge in [-0.3, -0.25) is 15.0 Å². The molecule has 0 N–H and O–H groups in total. The number of ether oxygens (including phenoxy) is 2. The van der Waals surface area contributed by atoms with Crippen molar-refractivity contribution >= 4 is 5.69 Å².